The van der Waals surface area contributed by atoms with Crippen LogP contribution >= 0.6 is 11.6 Å². The van der Waals surface area contributed by atoms with E-state index in [2.05, 4.69) is 10.2 Å². The van der Waals surface area contributed by atoms with Crippen LogP contribution in [0.2, 0.25) is 5.02 Å². The Bertz CT molecular complexity index is 1130. The van der Waals surface area contributed by atoms with Crippen LogP contribution in [0.25, 0.3) is 11.1 Å². The van der Waals surface area contributed by atoms with E-state index in [1.165, 1.54) is 0 Å². The molecule has 1 saturated heterocycles. The summed E-state index contributed by atoms with van der Waals surface area (Å²) in [6.45, 7) is 7.02. The molecule has 1 aromatic heterocycles. The Hall–Kier alpha value is -3.17. The highest BCUT2D eigenvalue weighted by Crippen LogP contribution is 2.37. The molecule has 35 heavy (non-hydrogen) atoms. The fourth-order valence-corrected chi connectivity index (χ4v) is 4.39. The summed E-state index contributed by atoms with van der Waals surface area (Å²) in [5, 5.41) is 3.88. The number of hydrogen-bond donors (Lipinski definition) is 2. The molecule has 3 aromatic rings. The van der Waals surface area contributed by atoms with Gasteiger partial charge in [0.2, 0.25) is 0 Å². The van der Waals surface area contributed by atoms with Gasteiger partial charge >= 0.3 is 0 Å². The first-order chi connectivity index (χ1) is 17.0. The van der Waals surface area contributed by atoms with E-state index < -0.39 is 5.91 Å². The standard InChI is InChI=1S/C25H31ClN4O5/c1-3-32-21-11-16(12-22(24(21)26)33-4-2)14-30(17-7-9-28-10-8-17)25-29-19-13-18(34-15-23(27)31)5-6-20(19)35-25/h5-6,11-13,17,28H,3-4,7-10,14-15H2,1-2H3,(H2,27,31). The number of nitrogens with two attached hydrogens (primary N) is 1. The normalized spacial score (nSPS) is 14.1. The van der Waals surface area contributed by atoms with Gasteiger partial charge < -0.3 is 34.6 Å². The Balaban J connectivity index is 1.68. The molecule has 1 fully saturated rings. The summed E-state index contributed by atoms with van der Waals surface area (Å²) < 4.78 is 23.1. The zero-order valence-corrected chi connectivity index (χ0v) is 20.8. The second kappa shape index (κ2) is 11.5. The summed E-state index contributed by atoms with van der Waals surface area (Å²) in [6.07, 6.45) is 1.91. The van der Waals surface area contributed by atoms with Crippen molar-refractivity contribution in [1.29, 1.82) is 0 Å². The SMILES string of the molecule is CCOc1cc(CN(c2nc3cc(OCC(N)=O)ccc3o2)C2CCNCC2)cc(OCC)c1Cl. The fraction of sp³-hybridized carbons (Fsp3) is 0.440. The number of primary amides is 1. The summed E-state index contributed by atoms with van der Waals surface area (Å²) in [4.78, 5) is 18.0. The van der Waals surface area contributed by atoms with E-state index in [0.717, 1.165) is 31.5 Å². The molecule has 3 N–H and O–H groups in total. The molecular formula is C25H31ClN4O5. The van der Waals surface area contributed by atoms with Crippen LogP contribution in [0.4, 0.5) is 6.01 Å². The molecule has 0 aliphatic carbocycles. The molecule has 1 amide bonds. The van der Waals surface area contributed by atoms with Crippen molar-refractivity contribution in [2.75, 3.05) is 37.8 Å². The first-order valence-corrected chi connectivity index (χ1v) is 12.2. The van der Waals surface area contributed by atoms with Gasteiger partial charge in [-0.2, -0.15) is 4.98 Å². The minimum absolute atomic E-state index is 0.196. The Morgan fingerprint density at radius 3 is 2.46 bits per heavy atom. The molecule has 9 nitrogen and oxygen atoms in total. The third kappa shape index (κ3) is 6.10. The van der Waals surface area contributed by atoms with Gasteiger partial charge in [0.15, 0.2) is 12.2 Å². The van der Waals surface area contributed by atoms with Crippen molar-refractivity contribution < 1.29 is 23.4 Å². The van der Waals surface area contributed by atoms with Crippen LogP contribution < -0.4 is 30.2 Å². The van der Waals surface area contributed by atoms with Crippen molar-refractivity contribution >= 4 is 34.6 Å². The lowest BCUT2D eigenvalue weighted by Crippen LogP contribution is -2.43. The van der Waals surface area contributed by atoms with Gasteiger partial charge in [0.25, 0.3) is 11.9 Å². The maximum absolute atomic E-state index is 11.1. The average Bonchev–Trinajstić information content (AvgIpc) is 3.28. The number of piperidine rings is 1. The molecule has 0 unspecified atom stereocenters. The van der Waals surface area contributed by atoms with Crippen molar-refractivity contribution in [3.05, 3.63) is 40.9 Å². The molecule has 0 radical (unpaired) electrons. The number of fused-ring (bicyclic) bond motifs is 1. The second-order valence-corrected chi connectivity index (χ2v) is 8.64. The van der Waals surface area contributed by atoms with E-state index in [1.54, 1.807) is 18.2 Å². The summed E-state index contributed by atoms with van der Waals surface area (Å²) in [7, 11) is 0. The quantitative estimate of drug-likeness (QED) is 0.406. The molecule has 188 valence electrons. The van der Waals surface area contributed by atoms with E-state index in [1.807, 2.05) is 26.0 Å². The number of aromatic nitrogens is 1. The summed E-state index contributed by atoms with van der Waals surface area (Å²) in [5.74, 6) is 1.15. The molecule has 0 spiro atoms. The van der Waals surface area contributed by atoms with Gasteiger partial charge in [0.05, 0.1) is 13.2 Å². The van der Waals surface area contributed by atoms with Gasteiger partial charge in [-0.25, -0.2) is 0 Å². The lowest BCUT2D eigenvalue weighted by Gasteiger charge is -2.33. The number of benzene rings is 2. The molecule has 10 heteroatoms. The molecule has 0 bridgehead atoms. The van der Waals surface area contributed by atoms with Crippen molar-refractivity contribution in [3.8, 4) is 17.2 Å². The molecule has 2 aromatic carbocycles. The highest BCUT2D eigenvalue weighted by Gasteiger charge is 2.26. The average molecular weight is 503 g/mol. The Morgan fingerprint density at radius 2 is 1.83 bits per heavy atom. The van der Waals surface area contributed by atoms with Crippen molar-refractivity contribution in [2.24, 2.45) is 5.73 Å². The highest BCUT2D eigenvalue weighted by molar-refractivity contribution is 6.33. The molecular weight excluding hydrogens is 472 g/mol. The van der Waals surface area contributed by atoms with Crippen LogP contribution in [-0.2, 0) is 11.3 Å². The number of rotatable bonds is 11. The summed E-state index contributed by atoms with van der Waals surface area (Å²) in [5.41, 5.74) is 7.44. The predicted octanol–water partition coefficient (Wildman–Crippen LogP) is 3.90. The number of amides is 1. The molecule has 1 aliphatic heterocycles. The maximum atomic E-state index is 11.1. The van der Waals surface area contributed by atoms with Crippen LogP contribution in [-0.4, -0.2) is 49.8 Å². The van der Waals surface area contributed by atoms with Crippen LogP contribution in [0.1, 0.15) is 32.3 Å². The smallest absolute Gasteiger partial charge is 0.298 e. The predicted molar refractivity (Wildman–Crippen MR) is 135 cm³/mol. The number of halogens is 1. The third-order valence-electron chi connectivity index (χ3n) is 5.74. The zero-order chi connectivity index (χ0) is 24.8. The van der Waals surface area contributed by atoms with Crippen LogP contribution in [0.15, 0.2) is 34.7 Å². The van der Waals surface area contributed by atoms with Gasteiger partial charge in [0, 0.05) is 18.7 Å². The number of oxazole rings is 1. The van der Waals surface area contributed by atoms with Gasteiger partial charge in [-0.15, -0.1) is 0 Å². The van der Waals surface area contributed by atoms with Gasteiger partial charge in [-0.1, -0.05) is 11.6 Å². The monoisotopic (exact) mass is 502 g/mol. The molecule has 1 aliphatic rings. The van der Waals surface area contributed by atoms with E-state index in [4.69, 9.17) is 40.9 Å². The lowest BCUT2D eigenvalue weighted by atomic mass is 10.0. The first kappa shape index (κ1) is 24.9. The van der Waals surface area contributed by atoms with Crippen LogP contribution in [0.5, 0.6) is 17.2 Å². The van der Waals surface area contributed by atoms with E-state index in [-0.39, 0.29) is 12.6 Å². The fourth-order valence-electron chi connectivity index (χ4n) is 4.17. The molecule has 0 saturated carbocycles. The zero-order valence-electron chi connectivity index (χ0n) is 20.0. The van der Waals surface area contributed by atoms with Crippen molar-refractivity contribution in [3.63, 3.8) is 0 Å². The number of anilines is 1. The van der Waals surface area contributed by atoms with Crippen molar-refractivity contribution in [2.45, 2.75) is 39.3 Å². The Labute approximate surface area is 209 Å². The number of nitrogens with zero attached hydrogens (tertiary/aromatic N) is 2. The molecule has 2 heterocycles. The van der Waals surface area contributed by atoms with Gasteiger partial charge in [-0.05, 0) is 69.6 Å². The number of ether oxygens (including phenoxy) is 3. The number of carbonyl (C=O) groups excluding carboxylic acids is 1. The molecule has 0 atom stereocenters. The van der Waals surface area contributed by atoms with E-state index in [0.29, 0.717) is 59.1 Å². The van der Waals surface area contributed by atoms with E-state index >= 15 is 0 Å². The third-order valence-corrected chi connectivity index (χ3v) is 6.11. The summed E-state index contributed by atoms with van der Waals surface area (Å²) >= 11 is 6.51. The Morgan fingerprint density at radius 1 is 1.14 bits per heavy atom. The largest absolute Gasteiger partial charge is 0.492 e. The van der Waals surface area contributed by atoms with Crippen molar-refractivity contribution in [1.82, 2.24) is 10.3 Å². The lowest BCUT2D eigenvalue weighted by molar-refractivity contribution is -0.119. The first-order valence-electron chi connectivity index (χ1n) is 11.9. The topological polar surface area (TPSA) is 112 Å². The molecule has 4 rings (SSSR count). The minimum Gasteiger partial charge on any atom is -0.492 e. The number of carbonyl (C=O) groups is 1. The number of nitrogens with one attached hydrogen (secondary N) is 1. The Kier molecular flexibility index (Phi) is 8.20. The van der Waals surface area contributed by atoms with Crippen LogP contribution in [0, 0.1) is 0 Å². The van der Waals surface area contributed by atoms with Gasteiger partial charge in [0.1, 0.15) is 27.8 Å². The minimum atomic E-state index is -0.538. The van der Waals surface area contributed by atoms with E-state index in [9.17, 15) is 4.79 Å². The van der Waals surface area contributed by atoms with Crippen LogP contribution in [0.3, 0.4) is 0 Å². The van der Waals surface area contributed by atoms with Gasteiger partial charge in [-0.3, -0.25) is 4.79 Å². The maximum Gasteiger partial charge on any atom is 0.298 e. The second-order valence-electron chi connectivity index (χ2n) is 8.26. The summed E-state index contributed by atoms with van der Waals surface area (Å²) in [6, 6.07) is 9.90. The number of hydrogen-bond acceptors (Lipinski definition) is 8. The highest BCUT2D eigenvalue weighted by atomic mass is 35.5.